The maximum Gasteiger partial charge on any atom is 0.223 e. The molecule has 132 valence electrons. The second kappa shape index (κ2) is 7.06. The molecule has 0 aliphatic carbocycles. The van der Waals surface area contributed by atoms with E-state index in [1.54, 1.807) is 6.20 Å². The predicted octanol–water partition coefficient (Wildman–Crippen LogP) is 0.402. The van der Waals surface area contributed by atoms with Crippen molar-refractivity contribution in [2.24, 2.45) is 5.92 Å². The molecule has 3 heterocycles. The van der Waals surface area contributed by atoms with Gasteiger partial charge in [0.1, 0.15) is 5.82 Å². The van der Waals surface area contributed by atoms with Crippen LogP contribution in [0.5, 0.6) is 0 Å². The van der Waals surface area contributed by atoms with Crippen LogP contribution in [-0.2, 0) is 14.8 Å². The van der Waals surface area contributed by atoms with Gasteiger partial charge in [0.05, 0.1) is 6.26 Å². The van der Waals surface area contributed by atoms with E-state index < -0.39 is 10.0 Å². The van der Waals surface area contributed by atoms with Crippen LogP contribution in [0.15, 0.2) is 24.4 Å². The number of piperazine rings is 1. The lowest BCUT2D eigenvalue weighted by Gasteiger charge is -2.35. The molecule has 0 N–H and O–H groups in total. The Morgan fingerprint density at radius 1 is 1.21 bits per heavy atom. The van der Waals surface area contributed by atoms with Crippen LogP contribution < -0.4 is 4.90 Å². The van der Waals surface area contributed by atoms with Crippen molar-refractivity contribution in [2.75, 3.05) is 50.4 Å². The summed E-state index contributed by atoms with van der Waals surface area (Å²) in [5, 5.41) is 0. The zero-order chi connectivity index (χ0) is 17.2. The average molecular weight is 352 g/mol. The highest BCUT2D eigenvalue weighted by Gasteiger charge is 2.31. The standard InChI is InChI=1S/C16H24N4O3S/c1-24(22,23)20-7-5-14(13-20)12-16(21)19-10-8-18(9-11-19)15-4-2-3-6-17-15/h2-4,6,14H,5,7-13H2,1H3. The van der Waals surface area contributed by atoms with Crippen molar-refractivity contribution < 1.29 is 13.2 Å². The van der Waals surface area contributed by atoms with Gasteiger partial charge in [0, 0.05) is 51.9 Å². The van der Waals surface area contributed by atoms with Crippen molar-refractivity contribution in [3.8, 4) is 0 Å². The number of amides is 1. The van der Waals surface area contributed by atoms with Crippen LogP contribution in [0.3, 0.4) is 0 Å². The van der Waals surface area contributed by atoms with E-state index in [9.17, 15) is 13.2 Å². The van der Waals surface area contributed by atoms with E-state index >= 15 is 0 Å². The van der Waals surface area contributed by atoms with E-state index in [4.69, 9.17) is 0 Å². The number of pyridine rings is 1. The molecule has 8 heteroatoms. The fraction of sp³-hybridized carbons (Fsp3) is 0.625. The van der Waals surface area contributed by atoms with Crippen molar-refractivity contribution in [3.63, 3.8) is 0 Å². The first kappa shape index (κ1) is 17.2. The number of hydrogen-bond donors (Lipinski definition) is 0. The van der Waals surface area contributed by atoms with E-state index in [-0.39, 0.29) is 11.8 Å². The van der Waals surface area contributed by atoms with Crippen molar-refractivity contribution in [1.29, 1.82) is 0 Å². The van der Waals surface area contributed by atoms with Gasteiger partial charge in [0.25, 0.3) is 0 Å². The Bertz CT molecular complexity index is 672. The van der Waals surface area contributed by atoms with Crippen molar-refractivity contribution >= 4 is 21.7 Å². The van der Waals surface area contributed by atoms with Crippen LogP contribution in [0.1, 0.15) is 12.8 Å². The maximum atomic E-state index is 12.5. The first-order valence-electron chi connectivity index (χ1n) is 8.32. The number of carbonyl (C=O) groups is 1. The lowest BCUT2D eigenvalue weighted by Crippen LogP contribution is -2.49. The fourth-order valence-corrected chi connectivity index (χ4v) is 4.29. The van der Waals surface area contributed by atoms with E-state index in [1.165, 1.54) is 10.6 Å². The van der Waals surface area contributed by atoms with Gasteiger partial charge in [-0.15, -0.1) is 0 Å². The molecule has 2 fully saturated rings. The summed E-state index contributed by atoms with van der Waals surface area (Å²) in [6, 6.07) is 5.84. The lowest BCUT2D eigenvalue weighted by molar-refractivity contribution is -0.132. The van der Waals surface area contributed by atoms with Gasteiger partial charge in [-0.3, -0.25) is 4.79 Å². The van der Waals surface area contributed by atoms with Crippen molar-refractivity contribution in [2.45, 2.75) is 12.8 Å². The molecule has 1 amide bonds. The third-order valence-corrected chi connectivity index (χ3v) is 6.06. The number of rotatable bonds is 4. The smallest absolute Gasteiger partial charge is 0.223 e. The normalized spacial score (nSPS) is 22.8. The quantitative estimate of drug-likeness (QED) is 0.784. The lowest BCUT2D eigenvalue weighted by atomic mass is 10.0. The van der Waals surface area contributed by atoms with Crippen LogP contribution in [-0.4, -0.2) is 74.0 Å². The number of anilines is 1. The van der Waals surface area contributed by atoms with Crippen molar-refractivity contribution in [1.82, 2.24) is 14.2 Å². The largest absolute Gasteiger partial charge is 0.353 e. The minimum Gasteiger partial charge on any atom is -0.353 e. The number of nitrogens with zero attached hydrogens (tertiary/aromatic N) is 4. The molecule has 0 saturated carbocycles. The third-order valence-electron chi connectivity index (χ3n) is 4.79. The van der Waals surface area contributed by atoms with E-state index in [2.05, 4.69) is 9.88 Å². The van der Waals surface area contributed by atoms with Gasteiger partial charge in [0.2, 0.25) is 15.9 Å². The summed E-state index contributed by atoms with van der Waals surface area (Å²) in [4.78, 5) is 20.9. The molecule has 2 aliphatic rings. The van der Waals surface area contributed by atoms with Gasteiger partial charge >= 0.3 is 0 Å². The summed E-state index contributed by atoms with van der Waals surface area (Å²) in [7, 11) is -3.14. The van der Waals surface area contributed by atoms with Crippen molar-refractivity contribution in [3.05, 3.63) is 24.4 Å². The van der Waals surface area contributed by atoms with Gasteiger partial charge < -0.3 is 9.80 Å². The highest BCUT2D eigenvalue weighted by atomic mass is 32.2. The Morgan fingerprint density at radius 3 is 2.54 bits per heavy atom. The summed E-state index contributed by atoms with van der Waals surface area (Å²) in [5.41, 5.74) is 0. The van der Waals surface area contributed by atoms with Gasteiger partial charge in [0.15, 0.2) is 0 Å². The van der Waals surface area contributed by atoms with E-state index in [0.717, 1.165) is 25.3 Å². The molecule has 1 aromatic heterocycles. The highest BCUT2D eigenvalue weighted by molar-refractivity contribution is 7.88. The molecule has 0 radical (unpaired) electrons. The topological polar surface area (TPSA) is 73.8 Å². The summed E-state index contributed by atoms with van der Waals surface area (Å²) in [6.45, 7) is 3.95. The summed E-state index contributed by atoms with van der Waals surface area (Å²) >= 11 is 0. The molecule has 1 aromatic rings. The van der Waals surface area contributed by atoms with Gasteiger partial charge in [-0.05, 0) is 24.5 Å². The van der Waals surface area contributed by atoms with Gasteiger partial charge in [-0.2, -0.15) is 0 Å². The summed E-state index contributed by atoms with van der Waals surface area (Å²) in [5.74, 6) is 1.22. The molecular formula is C16H24N4O3S. The Labute approximate surface area is 143 Å². The Morgan fingerprint density at radius 2 is 1.96 bits per heavy atom. The van der Waals surface area contributed by atoms with Crippen LogP contribution in [0.4, 0.5) is 5.82 Å². The van der Waals surface area contributed by atoms with Crippen LogP contribution in [0.2, 0.25) is 0 Å². The molecule has 1 atom stereocenters. The third kappa shape index (κ3) is 4.05. The molecule has 2 saturated heterocycles. The molecule has 0 bridgehead atoms. The second-order valence-corrected chi connectivity index (χ2v) is 8.52. The zero-order valence-corrected chi connectivity index (χ0v) is 14.8. The molecule has 2 aliphatic heterocycles. The number of hydrogen-bond acceptors (Lipinski definition) is 5. The monoisotopic (exact) mass is 352 g/mol. The van der Waals surface area contributed by atoms with Crippen LogP contribution >= 0.6 is 0 Å². The summed E-state index contributed by atoms with van der Waals surface area (Å²) < 4.78 is 24.6. The number of sulfonamides is 1. The first-order chi connectivity index (χ1) is 11.4. The predicted molar refractivity (Wildman–Crippen MR) is 92.2 cm³/mol. The van der Waals surface area contributed by atoms with Gasteiger partial charge in [-0.25, -0.2) is 17.7 Å². The van der Waals surface area contributed by atoms with Gasteiger partial charge in [-0.1, -0.05) is 6.07 Å². The first-order valence-corrected chi connectivity index (χ1v) is 10.2. The Kier molecular flexibility index (Phi) is 5.05. The molecule has 24 heavy (non-hydrogen) atoms. The van der Waals surface area contributed by atoms with E-state index in [0.29, 0.717) is 32.6 Å². The fourth-order valence-electron chi connectivity index (χ4n) is 3.37. The summed E-state index contributed by atoms with van der Waals surface area (Å²) in [6.07, 6.45) is 4.22. The molecule has 0 spiro atoms. The Balaban J connectivity index is 1.48. The maximum absolute atomic E-state index is 12.5. The minimum absolute atomic E-state index is 0.135. The average Bonchev–Trinajstić information content (AvgIpc) is 3.05. The molecular weight excluding hydrogens is 328 g/mol. The molecule has 0 aromatic carbocycles. The molecule has 3 rings (SSSR count). The minimum atomic E-state index is -3.14. The SMILES string of the molecule is CS(=O)(=O)N1CCC(CC(=O)N2CCN(c3ccccn3)CC2)C1. The van der Waals surface area contributed by atoms with E-state index in [1.807, 2.05) is 23.1 Å². The molecule has 7 nitrogen and oxygen atoms in total. The number of carbonyl (C=O) groups excluding carboxylic acids is 1. The van der Waals surface area contributed by atoms with Crippen LogP contribution in [0, 0.1) is 5.92 Å². The number of aromatic nitrogens is 1. The molecule has 1 unspecified atom stereocenters. The highest BCUT2D eigenvalue weighted by Crippen LogP contribution is 2.23. The van der Waals surface area contributed by atoms with Crippen LogP contribution in [0.25, 0.3) is 0 Å². The zero-order valence-electron chi connectivity index (χ0n) is 14.0. The second-order valence-electron chi connectivity index (χ2n) is 6.54. The Hall–Kier alpha value is -1.67.